The summed E-state index contributed by atoms with van der Waals surface area (Å²) >= 11 is 0. The number of amides is 1. The number of hydrogen-bond donors (Lipinski definition) is 1. The van der Waals surface area contributed by atoms with E-state index in [1.807, 2.05) is 48.0 Å². The second kappa shape index (κ2) is 6.91. The number of hydrogen-bond acceptors (Lipinski definition) is 2. The predicted molar refractivity (Wildman–Crippen MR) is 78.8 cm³/mol. The highest BCUT2D eigenvalue weighted by molar-refractivity contribution is 5.92. The van der Waals surface area contributed by atoms with E-state index in [1.54, 1.807) is 7.11 Å². The Morgan fingerprint density at radius 3 is 2.70 bits per heavy atom. The van der Waals surface area contributed by atoms with E-state index in [0.717, 1.165) is 0 Å². The molecular weight excluding hydrogens is 252 g/mol. The van der Waals surface area contributed by atoms with Crippen molar-refractivity contribution < 1.29 is 9.53 Å². The van der Waals surface area contributed by atoms with Crippen LogP contribution in [0.3, 0.4) is 0 Å². The molecule has 0 saturated carbocycles. The minimum Gasteiger partial charge on any atom is -0.383 e. The van der Waals surface area contributed by atoms with Gasteiger partial charge in [-0.25, -0.2) is 0 Å². The molecule has 106 valence electrons. The lowest BCUT2D eigenvalue weighted by Crippen LogP contribution is -2.36. The first kappa shape index (κ1) is 14.3. The molecule has 0 fully saturated rings. The average Bonchev–Trinajstić information content (AvgIpc) is 2.88. The molecule has 1 N–H and O–H groups in total. The highest BCUT2D eigenvalue weighted by atomic mass is 16.5. The molecule has 2 rings (SSSR count). The molecule has 0 aliphatic heterocycles. The van der Waals surface area contributed by atoms with Crippen molar-refractivity contribution in [3.05, 3.63) is 59.9 Å². The van der Waals surface area contributed by atoms with Crippen LogP contribution in [0.25, 0.3) is 0 Å². The fourth-order valence-corrected chi connectivity index (χ4v) is 2.13. The molecule has 0 aliphatic carbocycles. The molecule has 2 aromatic rings. The number of carbonyl (C=O) groups excluding carboxylic acids is 1. The average molecular weight is 272 g/mol. The molecule has 0 saturated heterocycles. The first-order chi connectivity index (χ1) is 9.70. The van der Waals surface area contributed by atoms with E-state index < -0.39 is 0 Å². The summed E-state index contributed by atoms with van der Waals surface area (Å²) in [4.78, 5) is 12.2. The van der Waals surface area contributed by atoms with Crippen molar-refractivity contribution in [2.45, 2.75) is 19.5 Å². The second-order valence-electron chi connectivity index (χ2n) is 4.84. The number of methoxy groups -OCH3 is 1. The Hall–Kier alpha value is -2.07. The molecule has 20 heavy (non-hydrogen) atoms. The summed E-state index contributed by atoms with van der Waals surface area (Å²) in [5.74, 6) is -0.0736. The van der Waals surface area contributed by atoms with Crippen molar-refractivity contribution in [2.24, 2.45) is 0 Å². The number of benzene rings is 1. The first-order valence-electron chi connectivity index (χ1n) is 6.69. The fourth-order valence-electron chi connectivity index (χ4n) is 2.13. The lowest BCUT2D eigenvalue weighted by molar-refractivity contribution is 0.0897. The molecule has 0 radical (unpaired) electrons. The third kappa shape index (κ3) is 3.71. The second-order valence-corrected chi connectivity index (χ2v) is 4.84. The molecule has 1 atom stereocenters. The van der Waals surface area contributed by atoms with Crippen LogP contribution in [0.4, 0.5) is 0 Å². The van der Waals surface area contributed by atoms with E-state index in [4.69, 9.17) is 4.74 Å². The lowest BCUT2D eigenvalue weighted by atomic mass is 10.2. The number of nitrogens with zero attached hydrogens (tertiary/aromatic N) is 1. The van der Waals surface area contributed by atoms with Crippen LogP contribution >= 0.6 is 0 Å². The van der Waals surface area contributed by atoms with Crippen molar-refractivity contribution in [1.82, 2.24) is 9.88 Å². The molecule has 0 bridgehead atoms. The van der Waals surface area contributed by atoms with Crippen LogP contribution in [0.1, 0.15) is 23.0 Å². The lowest BCUT2D eigenvalue weighted by Gasteiger charge is -2.14. The Bertz CT molecular complexity index is 549. The van der Waals surface area contributed by atoms with E-state index in [0.29, 0.717) is 18.8 Å². The maximum atomic E-state index is 12.2. The van der Waals surface area contributed by atoms with Crippen LogP contribution < -0.4 is 5.32 Å². The summed E-state index contributed by atoms with van der Waals surface area (Å²) in [5.41, 5.74) is 1.83. The van der Waals surface area contributed by atoms with E-state index in [9.17, 15) is 4.79 Å². The van der Waals surface area contributed by atoms with Crippen molar-refractivity contribution in [3.63, 3.8) is 0 Å². The van der Waals surface area contributed by atoms with Crippen molar-refractivity contribution in [3.8, 4) is 0 Å². The first-order valence-corrected chi connectivity index (χ1v) is 6.69. The molecule has 1 aromatic heterocycles. The normalized spacial score (nSPS) is 12.1. The molecule has 1 aromatic carbocycles. The summed E-state index contributed by atoms with van der Waals surface area (Å²) in [6.45, 7) is 3.12. The van der Waals surface area contributed by atoms with Gasteiger partial charge < -0.3 is 14.6 Å². The summed E-state index contributed by atoms with van der Waals surface area (Å²) in [6, 6.07) is 13.8. The van der Waals surface area contributed by atoms with Gasteiger partial charge >= 0.3 is 0 Å². The van der Waals surface area contributed by atoms with Gasteiger partial charge in [0.15, 0.2) is 0 Å². The fraction of sp³-hybridized carbons (Fsp3) is 0.312. The summed E-state index contributed by atoms with van der Waals surface area (Å²) in [6.07, 6.45) is 1.92. The summed E-state index contributed by atoms with van der Waals surface area (Å²) < 4.78 is 6.97. The Morgan fingerprint density at radius 1 is 1.25 bits per heavy atom. The van der Waals surface area contributed by atoms with Gasteiger partial charge in [0, 0.05) is 25.9 Å². The minimum absolute atomic E-state index is 0.00687. The van der Waals surface area contributed by atoms with Crippen LogP contribution in [0.5, 0.6) is 0 Å². The SMILES string of the molecule is COCC(C)NC(=O)c1cccn1Cc1ccccc1. The van der Waals surface area contributed by atoms with Gasteiger partial charge in [-0.15, -0.1) is 0 Å². The number of ether oxygens (including phenoxy) is 1. The maximum absolute atomic E-state index is 12.2. The Morgan fingerprint density at radius 2 is 2.00 bits per heavy atom. The van der Waals surface area contributed by atoms with Crippen LogP contribution in [-0.4, -0.2) is 30.2 Å². The third-order valence-electron chi connectivity index (χ3n) is 3.05. The summed E-state index contributed by atoms with van der Waals surface area (Å²) in [7, 11) is 1.63. The summed E-state index contributed by atoms with van der Waals surface area (Å²) in [5, 5.41) is 2.92. The van der Waals surface area contributed by atoms with Gasteiger partial charge in [0.05, 0.1) is 6.61 Å². The predicted octanol–water partition coefficient (Wildman–Crippen LogP) is 2.30. The quantitative estimate of drug-likeness (QED) is 0.877. The van der Waals surface area contributed by atoms with Gasteiger partial charge in [0.25, 0.3) is 5.91 Å². The zero-order chi connectivity index (χ0) is 14.4. The van der Waals surface area contributed by atoms with Gasteiger partial charge in [-0.05, 0) is 24.6 Å². The van der Waals surface area contributed by atoms with Crippen molar-refractivity contribution in [1.29, 1.82) is 0 Å². The van der Waals surface area contributed by atoms with Crippen LogP contribution in [-0.2, 0) is 11.3 Å². The number of nitrogens with one attached hydrogen (secondary N) is 1. The van der Waals surface area contributed by atoms with E-state index in [2.05, 4.69) is 17.4 Å². The van der Waals surface area contributed by atoms with E-state index in [-0.39, 0.29) is 11.9 Å². The Labute approximate surface area is 119 Å². The van der Waals surface area contributed by atoms with Crippen molar-refractivity contribution in [2.75, 3.05) is 13.7 Å². The molecule has 1 heterocycles. The standard InChI is InChI=1S/C16H20N2O2/c1-13(12-20-2)17-16(19)15-9-6-10-18(15)11-14-7-4-3-5-8-14/h3-10,13H,11-12H2,1-2H3,(H,17,19). The van der Waals surface area contributed by atoms with Crippen LogP contribution in [0, 0.1) is 0 Å². The monoisotopic (exact) mass is 272 g/mol. The van der Waals surface area contributed by atoms with Crippen molar-refractivity contribution >= 4 is 5.91 Å². The highest BCUT2D eigenvalue weighted by Gasteiger charge is 2.13. The molecule has 0 spiro atoms. The molecule has 4 nitrogen and oxygen atoms in total. The largest absolute Gasteiger partial charge is 0.383 e. The Balaban J connectivity index is 2.06. The van der Waals surface area contributed by atoms with E-state index >= 15 is 0 Å². The smallest absolute Gasteiger partial charge is 0.268 e. The number of rotatable bonds is 6. The van der Waals surface area contributed by atoms with Gasteiger partial charge in [-0.2, -0.15) is 0 Å². The van der Waals surface area contributed by atoms with Crippen LogP contribution in [0.2, 0.25) is 0 Å². The third-order valence-corrected chi connectivity index (χ3v) is 3.05. The minimum atomic E-state index is -0.0736. The van der Waals surface area contributed by atoms with Gasteiger partial charge in [0.2, 0.25) is 0 Å². The zero-order valence-corrected chi connectivity index (χ0v) is 11.9. The van der Waals surface area contributed by atoms with E-state index in [1.165, 1.54) is 5.56 Å². The molecule has 1 unspecified atom stereocenters. The highest BCUT2D eigenvalue weighted by Crippen LogP contribution is 2.08. The molecule has 1 amide bonds. The molecular formula is C16H20N2O2. The van der Waals surface area contributed by atoms with Gasteiger partial charge in [0.1, 0.15) is 5.69 Å². The molecule has 0 aliphatic rings. The Kier molecular flexibility index (Phi) is 4.96. The molecule has 4 heteroatoms. The topological polar surface area (TPSA) is 43.3 Å². The van der Waals surface area contributed by atoms with Crippen LogP contribution in [0.15, 0.2) is 48.7 Å². The number of aromatic nitrogens is 1. The zero-order valence-electron chi connectivity index (χ0n) is 11.9. The maximum Gasteiger partial charge on any atom is 0.268 e. The van der Waals surface area contributed by atoms with Gasteiger partial charge in [-0.3, -0.25) is 4.79 Å². The number of carbonyl (C=O) groups is 1. The van der Waals surface area contributed by atoms with Gasteiger partial charge in [-0.1, -0.05) is 30.3 Å².